The van der Waals surface area contributed by atoms with Crippen LogP contribution in [0, 0.1) is 17.2 Å². The first-order valence-corrected chi connectivity index (χ1v) is 3.13. The van der Waals surface area contributed by atoms with Gasteiger partial charge in [-0.05, 0) is 13.0 Å². The summed E-state index contributed by atoms with van der Waals surface area (Å²) in [6.07, 6.45) is 0.321. The van der Waals surface area contributed by atoms with Gasteiger partial charge in [-0.1, -0.05) is 0 Å². The van der Waals surface area contributed by atoms with Crippen molar-refractivity contribution in [3.63, 3.8) is 0 Å². The SMILES string of the molecule is N#C[C@H]1CCNCC1O. The van der Waals surface area contributed by atoms with Crippen LogP contribution in [0.1, 0.15) is 6.42 Å². The molecule has 0 aromatic carbocycles. The normalized spacial score (nSPS) is 35.6. The van der Waals surface area contributed by atoms with Crippen LogP contribution in [0.5, 0.6) is 0 Å². The quantitative estimate of drug-likeness (QED) is 0.459. The van der Waals surface area contributed by atoms with Crippen molar-refractivity contribution in [1.29, 1.82) is 5.26 Å². The third-order valence-electron chi connectivity index (χ3n) is 1.62. The van der Waals surface area contributed by atoms with Gasteiger partial charge in [-0.2, -0.15) is 5.26 Å². The smallest absolute Gasteiger partial charge is 0.0822 e. The second kappa shape index (κ2) is 2.81. The van der Waals surface area contributed by atoms with Gasteiger partial charge in [0.15, 0.2) is 0 Å². The average Bonchev–Trinajstić information content (AvgIpc) is 1.89. The fourth-order valence-electron chi connectivity index (χ4n) is 0.993. The Morgan fingerprint density at radius 2 is 2.44 bits per heavy atom. The lowest BCUT2D eigenvalue weighted by Gasteiger charge is -2.22. The van der Waals surface area contributed by atoms with E-state index in [0.29, 0.717) is 6.54 Å². The minimum Gasteiger partial charge on any atom is -0.390 e. The lowest BCUT2D eigenvalue weighted by Crippen LogP contribution is -2.39. The summed E-state index contributed by atoms with van der Waals surface area (Å²) < 4.78 is 0. The van der Waals surface area contributed by atoms with Crippen LogP contribution in [0.2, 0.25) is 0 Å². The van der Waals surface area contributed by atoms with E-state index in [9.17, 15) is 0 Å². The van der Waals surface area contributed by atoms with Crippen LogP contribution in [-0.4, -0.2) is 24.3 Å². The minimum atomic E-state index is -0.455. The van der Waals surface area contributed by atoms with Crippen molar-refractivity contribution < 1.29 is 5.11 Å². The van der Waals surface area contributed by atoms with Crippen LogP contribution in [-0.2, 0) is 0 Å². The predicted molar refractivity (Wildman–Crippen MR) is 32.6 cm³/mol. The van der Waals surface area contributed by atoms with Gasteiger partial charge < -0.3 is 10.4 Å². The van der Waals surface area contributed by atoms with Crippen LogP contribution in [0.3, 0.4) is 0 Å². The van der Waals surface area contributed by atoms with E-state index in [0.717, 1.165) is 13.0 Å². The molecule has 1 fully saturated rings. The van der Waals surface area contributed by atoms with Crippen LogP contribution < -0.4 is 5.32 Å². The molecule has 0 aromatic rings. The van der Waals surface area contributed by atoms with E-state index in [2.05, 4.69) is 11.4 Å². The number of nitrogens with one attached hydrogen (secondary N) is 1. The zero-order chi connectivity index (χ0) is 6.69. The van der Waals surface area contributed by atoms with E-state index < -0.39 is 6.10 Å². The number of rotatable bonds is 0. The highest BCUT2D eigenvalue weighted by Gasteiger charge is 2.21. The molecule has 0 spiro atoms. The van der Waals surface area contributed by atoms with Crippen LogP contribution in [0.25, 0.3) is 0 Å². The molecule has 1 unspecified atom stereocenters. The van der Waals surface area contributed by atoms with E-state index >= 15 is 0 Å². The van der Waals surface area contributed by atoms with E-state index in [1.54, 1.807) is 0 Å². The van der Waals surface area contributed by atoms with Crippen molar-refractivity contribution in [3.05, 3.63) is 0 Å². The number of nitriles is 1. The molecule has 2 atom stereocenters. The summed E-state index contributed by atoms with van der Waals surface area (Å²) in [5, 5.41) is 20.5. The Balaban J connectivity index is 2.41. The van der Waals surface area contributed by atoms with E-state index in [1.807, 2.05) is 0 Å². The Bertz CT molecular complexity index is 130. The summed E-state index contributed by atoms with van der Waals surface area (Å²) in [5.41, 5.74) is 0. The highest BCUT2D eigenvalue weighted by molar-refractivity contribution is 4.92. The number of piperidine rings is 1. The molecule has 0 saturated carbocycles. The molecular weight excluding hydrogens is 116 g/mol. The first-order chi connectivity index (χ1) is 4.34. The van der Waals surface area contributed by atoms with Gasteiger partial charge in [0.1, 0.15) is 0 Å². The topological polar surface area (TPSA) is 56.0 Å². The summed E-state index contributed by atoms with van der Waals surface area (Å²) in [5.74, 6) is -0.147. The molecular formula is C6H10N2O. The van der Waals surface area contributed by atoms with E-state index in [1.165, 1.54) is 0 Å². The van der Waals surface area contributed by atoms with Crippen LogP contribution >= 0.6 is 0 Å². The molecule has 1 rings (SSSR count). The average molecular weight is 126 g/mol. The Labute approximate surface area is 54.3 Å². The highest BCUT2D eigenvalue weighted by atomic mass is 16.3. The van der Waals surface area contributed by atoms with Crippen molar-refractivity contribution in [2.45, 2.75) is 12.5 Å². The fourth-order valence-corrected chi connectivity index (χ4v) is 0.993. The number of aliphatic hydroxyl groups excluding tert-OH is 1. The van der Waals surface area contributed by atoms with Gasteiger partial charge in [0.2, 0.25) is 0 Å². The number of aliphatic hydroxyl groups is 1. The standard InChI is InChI=1S/C6H10N2O/c7-3-5-1-2-8-4-6(5)9/h5-6,8-9H,1-2,4H2/t5-,6?/m1/s1. The predicted octanol–water partition coefficient (Wildman–Crippen LogP) is -0.520. The molecule has 1 aliphatic rings. The first-order valence-electron chi connectivity index (χ1n) is 3.13. The third-order valence-corrected chi connectivity index (χ3v) is 1.62. The molecule has 0 amide bonds. The molecule has 2 N–H and O–H groups in total. The lowest BCUT2D eigenvalue weighted by atomic mass is 9.97. The highest BCUT2D eigenvalue weighted by Crippen LogP contribution is 2.09. The van der Waals surface area contributed by atoms with Gasteiger partial charge in [0.05, 0.1) is 18.1 Å². The Hall–Kier alpha value is -0.590. The minimum absolute atomic E-state index is 0.147. The Kier molecular flexibility index (Phi) is 2.04. The number of hydrogen-bond acceptors (Lipinski definition) is 3. The molecule has 1 heterocycles. The largest absolute Gasteiger partial charge is 0.390 e. The maximum atomic E-state index is 9.08. The molecule has 9 heavy (non-hydrogen) atoms. The lowest BCUT2D eigenvalue weighted by molar-refractivity contribution is 0.108. The maximum Gasteiger partial charge on any atom is 0.0822 e. The van der Waals surface area contributed by atoms with Gasteiger partial charge in [0, 0.05) is 6.54 Å². The summed E-state index contributed by atoms with van der Waals surface area (Å²) in [7, 11) is 0. The zero-order valence-corrected chi connectivity index (χ0v) is 5.17. The van der Waals surface area contributed by atoms with E-state index in [4.69, 9.17) is 10.4 Å². The molecule has 3 nitrogen and oxygen atoms in total. The molecule has 0 radical (unpaired) electrons. The van der Waals surface area contributed by atoms with Crippen molar-refractivity contribution in [2.75, 3.05) is 13.1 Å². The van der Waals surface area contributed by atoms with Gasteiger partial charge in [-0.25, -0.2) is 0 Å². The van der Waals surface area contributed by atoms with Crippen LogP contribution in [0.4, 0.5) is 0 Å². The zero-order valence-electron chi connectivity index (χ0n) is 5.17. The molecule has 0 aliphatic carbocycles. The van der Waals surface area contributed by atoms with Crippen molar-refractivity contribution in [3.8, 4) is 6.07 Å². The molecule has 50 valence electrons. The monoisotopic (exact) mass is 126 g/mol. The summed E-state index contributed by atoms with van der Waals surface area (Å²) in [4.78, 5) is 0. The molecule has 0 bridgehead atoms. The van der Waals surface area contributed by atoms with Crippen molar-refractivity contribution >= 4 is 0 Å². The first kappa shape index (κ1) is 6.53. The fraction of sp³-hybridized carbons (Fsp3) is 0.833. The molecule has 3 heteroatoms. The second-order valence-corrected chi connectivity index (χ2v) is 2.30. The summed E-state index contributed by atoms with van der Waals surface area (Å²) >= 11 is 0. The van der Waals surface area contributed by atoms with Crippen molar-refractivity contribution in [1.82, 2.24) is 5.32 Å². The number of hydrogen-bond donors (Lipinski definition) is 2. The summed E-state index contributed by atoms with van der Waals surface area (Å²) in [6, 6.07) is 2.06. The Morgan fingerprint density at radius 3 is 2.89 bits per heavy atom. The van der Waals surface area contributed by atoms with E-state index in [-0.39, 0.29) is 5.92 Å². The molecule has 1 saturated heterocycles. The van der Waals surface area contributed by atoms with Gasteiger partial charge in [-0.3, -0.25) is 0 Å². The van der Waals surface area contributed by atoms with Crippen LogP contribution in [0.15, 0.2) is 0 Å². The molecule has 1 aliphatic heterocycles. The van der Waals surface area contributed by atoms with Gasteiger partial charge >= 0.3 is 0 Å². The maximum absolute atomic E-state index is 9.08. The number of β-amino-alcohol motifs (C(OH)–C–C–N with tert-alkyl or cyclic N) is 1. The Morgan fingerprint density at radius 1 is 1.67 bits per heavy atom. The van der Waals surface area contributed by atoms with Crippen molar-refractivity contribution in [2.24, 2.45) is 5.92 Å². The van der Waals surface area contributed by atoms with Gasteiger partial charge in [0.25, 0.3) is 0 Å². The second-order valence-electron chi connectivity index (χ2n) is 2.30. The molecule has 0 aromatic heterocycles. The number of nitrogens with zero attached hydrogens (tertiary/aromatic N) is 1. The van der Waals surface area contributed by atoms with Gasteiger partial charge in [-0.15, -0.1) is 0 Å². The third kappa shape index (κ3) is 1.41. The summed E-state index contributed by atoms with van der Waals surface area (Å²) in [6.45, 7) is 1.42.